The number of hydrogen-bond acceptors (Lipinski definition) is 11. The molecule has 4 aliphatic rings. The number of aliphatic hydroxyl groups is 1. The molecule has 15 heteroatoms. The van der Waals surface area contributed by atoms with Crippen molar-refractivity contribution in [2.75, 3.05) is 42.4 Å². The van der Waals surface area contributed by atoms with Crippen LogP contribution in [0.3, 0.4) is 0 Å². The van der Waals surface area contributed by atoms with E-state index in [-0.39, 0.29) is 24.9 Å². The van der Waals surface area contributed by atoms with E-state index in [4.69, 9.17) is 30.5 Å². The van der Waals surface area contributed by atoms with Gasteiger partial charge < -0.3 is 33.9 Å². The Bertz CT molecular complexity index is 1960. The Morgan fingerprint density at radius 1 is 1.11 bits per heavy atom. The van der Waals surface area contributed by atoms with Gasteiger partial charge in [0, 0.05) is 51.3 Å². The van der Waals surface area contributed by atoms with Crippen molar-refractivity contribution in [3.63, 3.8) is 0 Å². The fourth-order valence-electron chi connectivity index (χ4n) is 8.34. The minimum absolute atomic E-state index is 0.0530. The molecule has 0 spiro atoms. The number of hydrogen-bond donors (Lipinski definition) is 2. The fourth-order valence-corrected chi connectivity index (χ4v) is 8.57. The lowest BCUT2D eigenvalue weighted by Gasteiger charge is -2.41. The van der Waals surface area contributed by atoms with Crippen LogP contribution in [0.2, 0.25) is 5.02 Å². The number of carbonyl (C=O) groups excluding carboxylic acids is 3. The van der Waals surface area contributed by atoms with Gasteiger partial charge in [0.25, 0.3) is 5.69 Å². The van der Waals surface area contributed by atoms with Crippen LogP contribution in [0.25, 0.3) is 0 Å². The van der Waals surface area contributed by atoms with Crippen LogP contribution >= 0.6 is 11.6 Å². The van der Waals surface area contributed by atoms with Gasteiger partial charge in [-0.3, -0.25) is 25.0 Å². The molecule has 3 fully saturated rings. The molecule has 6 rings (SSSR count). The second-order valence-electron chi connectivity index (χ2n) is 15.9. The quantitative estimate of drug-likeness (QED) is 0.142. The molecule has 2 amide bonds. The number of carbonyl (C=O) groups is 3. The van der Waals surface area contributed by atoms with Gasteiger partial charge in [-0.05, 0) is 75.8 Å². The van der Waals surface area contributed by atoms with Gasteiger partial charge in [0.15, 0.2) is 0 Å². The van der Waals surface area contributed by atoms with E-state index in [9.17, 15) is 29.6 Å². The van der Waals surface area contributed by atoms with Gasteiger partial charge in [0.1, 0.15) is 35.2 Å². The third kappa shape index (κ3) is 8.43. The maximum atomic E-state index is 14.2. The molecule has 56 heavy (non-hydrogen) atoms. The molecule has 0 radical (unpaired) electrons. The van der Waals surface area contributed by atoms with Gasteiger partial charge in [-0.1, -0.05) is 48.4 Å². The summed E-state index contributed by atoms with van der Waals surface area (Å²) in [5.74, 6) is -1.49. The van der Waals surface area contributed by atoms with E-state index < -0.39 is 64.4 Å². The topological polar surface area (TPSA) is 173 Å². The summed E-state index contributed by atoms with van der Waals surface area (Å²) < 4.78 is 23.9. The summed E-state index contributed by atoms with van der Waals surface area (Å²) in [5, 5.41) is 27.0. The number of ether oxygens (including phenoxy) is 4. The molecule has 4 heterocycles. The van der Waals surface area contributed by atoms with E-state index in [0.717, 1.165) is 29.5 Å². The van der Waals surface area contributed by atoms with Crippen LogP contribution in [0.15, 0.2) is 48.1 Å². The molecule has 0 aromatic heterocycles. The van der Waals surface area contributed by atoms with Gasteiger partial charge in [0.05, 0.1) is 34.6 Å². The molecule has 0 aliphatic carbocycles. The number of benzene rings is 2. The number of nitrogens with zero attached hydrogens (tertiary/aromatic N) is 3. The van der Waals surface area contributed by atoms with E-state index in [0.29, 0.717) is 47.2 Å². The van der Waals surface area contributed by atoms with Crippen LogP contribution in [-0.2, 0) is 35.0 Å². The Hall–Kier alpha value is -4.50. The van der Waals surface area contributed by atoms with E-state index in [1.807, 2.05) is 43.9 Å². The zero-order chi connectivity index (χ0) is 40.7. The molecule has 0 saturated carbocycles. The van der Waals surface area contributed by atoms with Crippen LogP contribution in [-0.4, -0.2) is 90.9 Å². The zero-order valence-corrected chi connectivity index (χ0v) is 33.7. The number of anilines is 3. The van der Waals surface area contributed by atoms with Crippen molar-refractivity contribution in [3.8, 4) is 0 Å². The van der Waals surface area contributed by atoms with Crippen molar-refractivity contribution in [1.82, 2.24) is 0 Å². The summed E-state index contributed by atoms with van der Waals surface area (Å²) in [7, 11) is 3.09. The number of epoxide rings is 1. The second-order valence-corrected chi connectivity index (χ2v) is 16.2. The number of nitro benzene ring substituents is 1. The Balaban J connectivity index is 1.35. The van der Waals surface area contributed by atoms with Crippen LogP contribution in [0.1, 0.15) is 69.6 Å². The van der Waals surface area contributed by atoms with Crippen molar-refractivity contribution in [2.24, 2.45) is 5.92 Å². The average Bonchev–Trinajstić information content (AvgIpc) is 3.53. The minimum atomic E-state index is -1.58. The van der Waals surface area contributed by atoms with Crippen LogP contribution in [0.4, 0.5) is 27.5 Å². The summed E-state index contributed by atoms with van der Waals surface area (Å²) in [5.41, 5.74) is 1.49. The summed E-state index contributed by atoms with van der Waals surface area (Å²) in [6.07, 6.45) is 2.93. The molecule has 14 nitrogen and oxygen atoms in total. The Labute approximate surface area is 331 Å². The molecule has 7 atom stereocenters. The first-order valence-corrected chi connectivity index (χ1v) is 19.4. The smallest absolute Gasteiger partial charge is 0.412 e. The van der Waals surface area contributed by atoms with E-state index in [1.165, 1.54) is 18.1 Å². The van der Waals surface area contributed by atoms with Crippen LogP contribution < -0.4 is 15.1 Å². The van der Waals surface area contributed by atoms with Crippen molar-refractivity contribution in [1.29, 1.82) is 0 Å². The highest BCUT2D eigenvalue weighted by Gasteiger charge is 2.64. The number of nitrogens with one attached hydrogen (secondary N) is 1. The molecular formula is C41H51ClN4O10. The highest BCUT2D eigenvalue weighted by molar-refractivity contribution is 6.34. The second kappa shape index (κ2) is 16.2. The molecule has 302 valence electrons. The van der Waals surface area contributed by atoms with Gasteiger partial charge in [-0.25, -0.2) is 4.79 Å². The number of nitro groups is 1. The SMILES string of the molecule is CO[C@@H]1/C=C/C=C(\C)Cc2cc(C)c(Cl)c(c2)N(C)C(=O)C[C@H](OC(=O)Nc2cc(N3CCCC3)c([N+](=O)[O-])cc2C)[C@]2(C)O[C@H]2[C@H](C)[C@@H]2C[C@@]1(O)CC(=O)O2. The number of halogens is 1. The van der Waals surface area contributed by atoms with E-state index >= 15 is 0 Å². The largest absolute Gasteiger partial charge is 0.462 e. The molecule has 0 unspecified atom stereocenters. The van der Waals surface area contributed by atoms with E-state index in [1.54, 1.807) is 39.1 Å². The van der Waals surface area contributed by atoms with Crippen LogP contribution in [0.5, 0.6) is 0 Å². The van der Waals surface area contributed by atoms with Crippen molar-refractivity contribution < 1.29 is 43.4 Å². The number of esters is 1. The average molecular weight is 795 g/mol. The van der Waals surface area contributed by atoms with Crippen molar-refractivity contribution in [3.05, 3.63) is 79.9 Å². The first-order chi connectivity index (χ1) is 26.4. The Morgan fingerprint density at radius 3 is 2.50 bits per heavy atom. The molecule has 2 aromatic rings. The normalized spacial score (nSPS) is 31.2. The predicted molar refractivity (Wildman–Crippen MR) is 211 cm³/mol. The lowest BCUT2D eigenvalue weighted by Crippen LogP contribution is -2.53. The third-order valence-electron chi connectivity index (χ3n) is 11.7. The molecule has 3 saturated heterocycles. The summed E-state index contributed by atoms with van der Waals surface area (Å²) in [6.45, 7) is 10.3. The molecule has 2 aromatic carbocycles. The highest BCUT2D eigenvalue weighted by Crippen LogP contribution is 2.50. The maximum absolute atomic E-state index is 14.2. The number of methoxy groups -OCH3 is 1. The predicted octanol–water partition coefficient (Wildman–Crippen LogP) is 6.74. The molecular weight excluding hydrogens is 744 g/mol. The lowest BCUT2D eigenvalue weighted by molar-refractivity contribution is -0.384. The number of allylic oxidation sites excluding steroid dienone is 3. The fraction of sp³-hybridized carbons (Fsp3) is 0.537. The number of amides is 2. The van der Waals surface area contributed by atoms with Gasteiger partial charge in [-0.15, -0.1) is 0 Å². The maximum Gasteiger partial charge on any atom is 0.412 e. The zero-order valence-electron chi connectivity index (χ0n) is 32.9. The van der Waals surface area contributed by atoms with Crippen molar-refractivity contribution >= 4 is 52.3 Å². The number of aryl methyl sites for hydroxylation is 2. The van der Waals surface area contributed by atoms with E-state index in [2.05, 4.69) is 5.32 Å². The molecule has 4 aliphatic heterocycles. The minimum Gasteiger partial charge on any atom is -0.462 e. The van der Waals surface area contributed by atoms with Crippen LogP contribution in [0, 0.1) is 29.9 Å². The van der Waals surface area contributed by atoms with Crippen molar-refractivity contribution in [2.45, 2.75) is 109 Å². The first kappa shape index (κ1) is 41.1. The van der Waals surface area contributed by atoms with Gasteiger partial charge in [-0.2, -0.15) is 0 Å². The first-order valence-electron chi connectivity index (χ1n) is 19.0. The van der Waals surface area contributed by atoms with Gasteiger partial charge in [0.2, 0.25) is 5.91 Å². The Kier molecular flexibility index (Phi) is 11.9. The third-order valence-corrected chi connectivity index (χ3v) is 12.1. The summed E-state index contributed by atoms with van der Waals surface area (Å²) >= 11 is 6.80. The summed E-state index contributed by atoms with van der Waals surface area (Å²) in [4.78, 5) is 55.9. The lowest BCUT2D eigenvalue weighted by atomic mass is 9.78. The Morgan fingerprint density at radius 2 is 1.82 bits per heavy atom. The number of rotatable bonds is 5. The highest BCUT2D eigenvalue weighted by atomic mass is 35.5. The summed E-state index contributed by atoms with van der Waals surface area (Å²) in [6, 6.07) is 6.82. The molecule has 4 bridgehead atoms. The standard InChI is InChI=1S/C41H51ClN4O10/c1-23-11-10-12-33(53-7)41(50)21-32(54-36(48)22-41)26(4)38-40(5,56-38)34(20-35(47)44(6)31-18-27(15-23)16-25(3)37(31)42)55-39(49)43-28-19-29(45-13-8-9-14-45)30(46(51)52)17-24(28)2/h10-12,16-19,26,32-34,38,50H,8-9,13-15,20-22H2,1-7H3,(H,43,49)/b12-10+,23-11+/t26-,32+,33-,34+,38+,40+,41-/m1/s1. The monoisotopic (exact) mass is 794 g/mol. The number of fused-ring (bicyclic) bond motifs is 5. The molecule has 2 N–H and O–H groups in total. The van der Waals surface area contributed by atoms with Gasteiger partial charge >= 0.3 is 12.1 Å².